The number of carbonyl (C=O) groups excluding carboxylic acids is 1. The van der Waals surface area contributed by atoms with Gasteiger partial charge in [0.05, 0.1) is 17.5 Å². The van der Waals surface area contributed by atoms with Crippen LogP contribution in [0.15, 0.2) is 34.9 Å². The van der Waals surface area contributed by atoms with Crippen LogP contribution in [0.3, 0.4) is 0 Å². The van der Waals surface area contributed by atoms with Gasteiger partial charge in [-0.2, -0.15) is 0 Å². The van der Waals surface area contributed by atoms with Crippen LogP contribution < -0.4 is 5.32 Å². The first-order chi connectivity index (χ1) is 10.8. The summed E-state index contributed by atoms with van der Waals surface area (Å²) < 4.78 is 29.4. The largest absolute Gasteiger partial charge is 0.361 e. The zero-order valence-corrected chi connectivity index (χ0v) is 14.2. The quantitative estimate of drug-likeness (QED) is 0.872. The van der Waals surface area contributed by atoms with Gasteiger partial charge < -0.3 is 9.84 Å². The van der Waals surface area contributed by atoms with Gasteiger partial charge in [0.1, 0.15) is 11.5 Å². The van der Waals surface area contributed by atoms with E-state index in [0.29, 0.717) is 17.0 Å². The van der Waals surface area contributed by atoms with E-state index in [1.165, 1.54) is 0 Å². The molecule has 1 aromatic heterocycles. The number of hydrogen-bond donors (Lipinski definition) is 1. The summed E-state index contributed by atoms with van der Waals surface area (Å²) >= 11 is 0. The first kappa shape index (κ1) is 17.2. The molecule has 0 aliphatic heterocycles. The van der Waals surface area contributed by atoms with Crippen molar-refractivity contribution in [2.24, 2.45) is 0 Å². The maximum absolute atomic E-state index is 12.2. The summed E-state index contributed by atoms with van der Waals surface area (Å²) in [6.07, 6.45) is 0. The molecule has 0 radical (unpaired) electrons. The second-order valence-electron chi connectivity index (χ2n) is 5.53. The molecule has 1 amide bonds. The Morgan fingerprint density at radius 3 is 2.48 bits per heavy atom. The van der Waals surface area contributed by atoms with Gasteiger partial charge in [-0.3, -0.25) is 4.79 Å². The molecule has 1 heterocycles. The van der Waals surface area contributed by atoms with Gasteiger partial charge in [0.25, 0.3) is 0 Å². The topological polar surface area (TPSA) is 89.3 Å². The third-order valence-electron chi connectivity index (χ3n) is 3.57. The molecule has 2 aromatic rings. The van der Waals surface area contributed by atoms with Crippen LogP contribution >= 0.6 is 0 Å². The molecule has 7 heteroatoms. The van der Waals surface area contributed by atoms with Gasteiger partial charge in [-0.05, 0) is 26.3 Å². The molecule has 2 rings (SSSR count). The van der Waals surface area contributed by atoms with Crippen LogP contribution in [0.2, 0.25) is 0 Å². The van der Waals surface area contributed by atoms with Crippen molar-refractivity contribution < 1.29 is 17.7 Å². The first-order valence-corrected chi connectivity index (χ1v) is 9.07. The number of amides is 1. The summed E-state index contributed by atoms with van der Waals surface area (Å²) in [5.41, 5.74) is 1.97. The maximum Gasteiger partial charge on any atom is 0.235 e. The second-order valence-corrected chi connectivity index (χ2v) is 7.60. The standard InChI is InChI=1S/C16H20N2O4S/c1-11(14-7-5-4-6-8-14)17-16(19)10-23(20,21)9-15-12(2)18-22-13(15)3/h4-8,11H,9-10H2,1-3H3,(H,17,19)/t11-/m1/s1. The van der Waals surface area contributed by atoms with Crippen molar-refractivity contribution in [2.75, 3.05) is 5.75 Å². The molecule has 0 unspecified atom stereocenters. The highest BCUT2D eigenvalue weighted by atomic mass is 32.2. The Balaban J connectivity index is 1.99. The van der Waals surface area contributed by atoms with Crippen molar-refractivity contribution in [1.29, 1.82) is 0 Å². The highest BCUT2D eigenvalue weighted by Crippen LogP contribution is 2.16. The molecule has 1 N–H and O–H groups in total. The number of benzene rings is 1. The molecule has 0 saturated carbocycles. The second kappa shape index (κ2) is 6.95. The number of carbonyl (C=O) groups is 1. The van der Waals surface area contributed by atoms with E-state index in [9.17, 15) is 13.2 Å². The molecule has 0 aliphatic carbocycles. The predicted molar refractivity (Wildman–Crippen MR) is 86.5 cm³/mol. The lowest BCUT2D eigenvalue weighted by molar-refractivity contribution is -0.119. The van der Waals surface area contributed by atoms with Crippen molar-refractivity contribution in [1.82, 2.24) is 10.5 Å². The fourth-order valence-electron chi connectivity index (χ4n) is 2.29. The van der Waals surface area contributed by atoms with Crippen LogP contribution in [0.1, 0.15) is 35.5 Å². The number of nitrogens with zero attached hydrogens (tertiary/aromatic N) is 1. The van der Waals surface area contributed by atoms with Crippen LogP contribution in [0, 0.1) is 13.8 Å². The molecule has 0 bridgehead atoms. The molecule has 1 aromatic carbocycles. The van der Waals surface area contributed by atoms with Gasteiger partial charge in [0.2, 0.25) is 5.91 Å². The fourth-order valence-corrected chi connectivity index (χ4v) is 3.72. The highest BCUT2D eigenvalue weighted by molar-refractivity contribution is 7.91. The number of rotatable bonds is 6. The Hall–Kier alpha value is -2.15. The third kappa shape index (κ3) is 4.66. The van der Waals surface area contributed by atoms with Gasteiger partial charge in [-0.1, -0.05) is 35.5 Å². The summed E-state index contributed by atoms with van der Waals surface area (Å²) in [4.78, 5) is 12.0. The van der Waals surface area contributed by atoms with E-state index in [1.807, 2.05) is 37.3 Å². The van der Waals surface area contributed by atoms with Gasteiger partial charge in [-0.25, -0.2) is 8.42 Å². The smallest absolute Gasteiger partial charge is 0.235 e. The molecular formula is C16H20N2O4S. The molecule has 0 saturated heterocycles. The molecule has 6 nitrogen and oxygen atoms in total. The Morgan fingerprint density at radius 1 is 1.26 bits per heavy atom. The lowest BCUT2D eigenvalue weighted by Crippen LogP contribution is -2.32. The van der Waals surface area contributed by atoms with Gasteiger partial charge in [-0.15, -0.1) is 0 Å². The predicted octanol–water partition coefficient (Wildman–Crippen LogP) is 2.08. The molecule has 124 valence electrons. The maximum atomic E-state index is 12.2. The average molecular weight is 336 g/mol. The molecule has 1 atom stereocenters. The average Bonchev–Trinajstić information content (AvgIpc) is 2.79. The number of hydrogen-bond acceptors (Lipinski definition) is 5. The van der Waals surface area contributed by atoms with E-state index < -0.39 is 21.5 Å². The number of sulfone groups is 1. The van der Waals surface area contributed by atoms with Crippen LogP contribution in [0.4, 0.5) is 0 Å². The Labute approximate surface area is 135 Å². The van der Waals surface area contributed by atoms with Crippen LogP contribution in [0.5, 0.6) is 0 Å². The van der Waals surface area contributed by atoms with Crippen molar-refractivity contribution in [2.45, 2.75) is 32.6 Å². The van der Waals surface area contributed by atoms with E-state index >= 15 is 0 Å². The highest BCUT2D eigenvalue weighted by Gasteiger charge is 2.22. The summed E-state index contributed by atoms with van der Waals surface area (Å²) in [7, 11) is -3.59. The molecule has 23 heavy (non-hydrogen) atoms. The lowest BCUT2D eigenvalue weighted by atomic mass is 10.1. The number of nitrogens with one attached hydrogen (secondary N) is 1. The normalized spacial score (nSPS) is 12.8. The van der Waals surface area contributed by atoms with Crippen molar-refractivity contribution in [3.05, 3.63) is 52.9 Å². The van der Waals surface area contributed by atoms with E-state index in [-0.39, 0.29) is 11.8 Å². The zero-order valence-electron chi connectivity index (χ0n) is 13.4. The lowest BCUT2D eigenvalue weighted by Gasteiger charge is -2.14. The van der Waals surface area contributed by atoms with Crippen molar-refractivity contribution >= 4 is 15.7 Å². The summed E-state index contributed by atoms with van der Waals surface area (Å²) in [5, 5.41) is 6.43. The van der Waals surface area contributed by atoms with Crippen LogP contribution in [0.25, 0.3) is 0 Å². The van der Waals surface area contributed by atoms with Crippen molar-refractivity contribution in [3.63, 3.8) is 0 Å². The fraction of sp³-hybridized carbons (Fsp3) is 0.375. The van der Waals surface area contributed by atoms with E-state index in [4.69, 9.17) is 4.52 Å². The Bertz CT molecular complexity index is 762. The van der Waals surface area contributed by atoms with Gasteiger partial charge in [0.15, 0.2) is 9.84 Å². The summed E-state index contributed by atoms with van der Waals surface area (Å²) in [6, 6.07) is 9.12. The minimum atomic E-state index is -3.59. The van der Waals surface area contributed by atoms with Gasteiger partial charge in [0, 0.05) is 5.56 Å². The first-order valence-electron chi connectivity index (χ1n) is 7.25. The SMILES string of the molecule is Cc1noc(C)c1CS(=O)(=O)CC(=O)N[C@H](C)c1ccccc1. The van der Waals surface area contributed by atoms with Crippen LogP contribution in [-0.4, -0.2) is 25.2 Å². The van der Waals surface area contributed by atoms with E-state index in [2.05, 4.69) is 10.5 Å². The Morgan fingerprint density at radius 2 is 1.91 bits per heavy atom. The van der Waals surface area contributed by atoms with Crippen molar-refractivity contribution in [3.8, 4) is 0 Å². The molecule has 0 spiro atoms. The zero-order chi connectivity index (χ0) is 17.0. The summed E-state index contributed by atoms with van der Waals surface area (Å²) in [5.74, 6) is -0.868. The summed E-state index contributed by atoms with van der Waals surface area (Å²) in [6.45, 7) is 5.15. The Kier molecular flexibility index (Phi) is 5.20. The number of aryl methyl sites for hydroxylation is 2. The van der Waals surface area contributed by atoms with Gasteiger partial charge >= 0.3 is 0 Å². The third-order valence-corrected chi connectivity index (χ3v) is 5.00. The minimum Gasteiger partial charge on any atom is -0.361 e. The molecule has 0 aliphatic rings. The number of aromatic nitrogens is 1. The molecule has 0 fully saturated rings. The molecular weight excluding hydrogens is 316 g/mol. The minimum absolute atomic E-state index is 0.249. The van der Waals surface area contributed by atoms with E-state index in [1.54, 1.807) is 13.8 Å². The monoisotopic (exact) mass is 336 g/mol. The van der Waals surface area contributed by atoms with E-state index in [0.717, 1.165) is 5.56 Å². The van der Waals surface area contributed by atoms with Crippen LogP contribution in [-0.2, 0) is 20.4 Å².